The van der Waals surface area contributed by atoms with E-state index in [-0.39, 0.29) is 24.7 Å². The van der Waals surface area contributed by atoms with Crippen molar-refractivity contribution in [1.29, 1.82) is 0 Å². The number of hydrogen-bond donors (Lipinski definition) is 1. The molecule has 0 saturated carbocycles. The first-order valence-electron chi connectivity index (χ1n) is 8.47. The predicted molar refractivity (Wildman–Crippen MR) is 94.7 cm³/mol. The number of carbonyl (C=O) groups excluding carboxylic acids is 1. The van der Waals surface area contributed by atoms with Crippen LogP contribution in [-0.4, -0.2) is 51.8 Å². The molecule has 1 N–H and O–H groups in total. The van der Waals surface area contributed by atoms with E-state index in [4.69, 9.17) is 4.74 Å². The fourth-order valence-electron chi connectivity index (χ4n) is 2.78. The summed E-state index contributed by atoms with van der Waals surface area (Å²) in [5, 5.41) is 17.3. The molecule has 1 aromatic carbocycles. The topological polar surface area (TPSA) is 103 Å². The largest absolute Gasteiger partial charge is 0.389 e. The molecule has 1 aliphatic heterocycles. The van der Waals surface area contributed by atoms with Gasteiger partial charge in [-0.1, -0.05) is 12.1 Å². The predicted octanol–water partition coefficient (Wildman–Crippen LogP) is 1.65. The molecular weight excluding hydrogens is 338 g/mol. The van der Waals surface area contributed by atoms with Gasteiger partial charge in [-0.3, -0.25) is 9.69 Å². The lowest BCUT2D eigenvalue weighted by atomic mass is 10.1. The highest BCUT2D eigenvalue weighted by atomic mass is 16.6. The number of nitrogens with one attached hydrogen (secondary N) is 1. The van der Waals surface area contributed by atoms with E-state index >= 15 is 0 Å². The summed E-state index contributed by atoms with van der Waals surface area (Å²) in [7, 11) is 0. The van der Waals surface area contributed by atoms with Crippen molar-refractivity contribution in [2.45, 2.75) is 19.5 Å². The minimum atomic E-state index is -0.559. The summed E-state index contributed by atoms with van der Waals surface area (Å²) in [6, 6.07) is 9.08. The van der Waals surface area contributed by atoms with Crippen molar-refractivity contribution in [3.05, 3.63) is 52.2 Å². The van der Waals surface area contributed by atoms with Crippen LogP contribution in [0.3, 0.4) is 0 Å². The third-order valence-corrected chi connectivity index (χ3v) is 4.10. The lowest BCUT2D eigenvalue weighted by molar-refractivity contribution is -0.389. The second-order valence-electron chi connectivity index (χ2n) is 6.08. The second kappa shape index (κ2) is 8.54. The molecular formula is C17H21N5O4. The van der Waals surface area contributed by atoms with Gasteiger partial charge in [0.15, 0.2) is 0 Å². The van der Waals surface area contributed by atoms with E-state index < -0.39 is 4.92 Å². The monoisotopic (exact) mass is 359 g/mol. The Balaban J connectivity index is 1.50. The molecule has 0 radical (unpaired) electrons. The molecule has 1 aliphatic rings. The molecule has 1 fully saturated rings. The van der Waals surface area contributed by atoms with Gasteiger partial charge >= 0.3 is 5.82 Å². The fraction of sp³-hybridized carbons (Fsp3) is 0.412. The number of aromatic nitrogens is 2. The molecule has 1 saturated heterocycles. The number of nitro groups is 1. The molecule has 3 rings (SSSR count). The van der Waals surface area contributed by atoms with Crippen molar-refractivity contribution in [2.75, 3.05) is 31.6 Å². The van der Waals surface area contributed by atoms with Crippen molar-refractivity contribution in [2.24, 2.45) is 0 Å². The highest BCUT2D eigenvalue weighted by Crippen LogP contribution is 2.14. The lowest BCUT2D eigenvalue weighted by Gasteiger charge is -2.26. The van der Waals surface area contributed by atoms with Crippen LogP contribution in [0, 0.1) is 10.1 Å². The maximum atomic E-state index is 12.1. The Bertz CT molecular complexity index is 770. The molecule has 0 bridgehead atoms. The van der Waals surface area contributed by atoms with Gasteiger partial charge in [-0.2, -0.15) is 4.68 Å². The molecule has 1 aromatic heterocycles. The van der Waals surface area contributed by atoms with Gasteiger partial charge < -0.3 is 20.2 Å². The Labute approximate surface area is 150 Å². The molecule has 9 heteroatoms. The van der Waals surface area contributed by atoms with Crippen LogP contribution < -0.4 is 5.32 Å². The van der Waals surface area contributed by atoms with Gasteiger partial charge in [0.2, 0.25) is 5.91 Å². The summed E-state index contributed by atoms with van der Waals surface area (Å²) < 4.78 is 6.74. The van der Waals surface area contributed by atoms with E-state index in [0.29, 0.717) is 0 Å². The summed E-state index contributed by atoms with van der Waals surface area (Å²) in [4.78, 5) is 24.5. The fourth-order valence-corrected chi connectivity index (χ4v) is 2.78. The Kier molecular flexibility index (Phi) is 5.92. The average Bonchev–Trinajstić information content (AvgIpc) is 3.11. The quantitative estimate of drug-likeness (QED) is 0.596. The number of benzene rings is 1. The first kappa shape index (κ1) is 18.0. The van der Waals surface area contributed by atoms with Crippen molar-refractivity contribution in [3.63, 3.8) is 0 Å². The third-order valence-electron chi connectivity index (χ3n) is 4.10. The van der Waals surface area contributed by atoms with Crippen molar-refractivity contribution >= 4 is 17.4 Å². The van der Waals surface area contributed by atoms with Gasteiger partial charge in [0.25, 0.3) is 0 Å². The zero-order valence-electron chi connectivity index (χ0n) is 14.3. The van der Waals surface area contributed by atoms with E-state index in [1.807, 2.05) is 24.3 Å². The van der Waals surface area contributed by atoms with Gasteiger partial charge in [0.1, 0.15) is 0 Å². The molecule has 0 unspecified atom stereocenters. The number of carbonyl (C=O) groups is 1. The van der Waals surface area contributed by atoms with Crippen LogP contribution in [0.2, 0.25) is 0 Å². The minimum Gasteiger partial charge on any atom is -0.379 e. The van der Waals surface area contributed by atoms with Gasteiger partial charge in [-0.05, 0) is 22.6 Å². The Morgan fingerprint density at radius 2 is 2.12 bits per heavy atom. The van der Waals surface area contributed by atoms with Gasteiger partial charge in [-0.25, -0.2) is 0 Å². The molecule has 138 valence electrons. The van der Waals surface area contributed by atoms with E-state index in [2.05, 4.69) is 15.3 Å². The molecule has 0 atom stereocenters. The maximum absolute atomic E-state index is 12.1. The molecule has 1 amide bonds. The van der Waals surface area contributed by atoms with Crippen molar-refractivity contribution in [3.8, 4) is 0 Å². The number of ether oxygens (including phenoxy) is 1. The van der Waals surface area contributed by atoms with E-state index in [1.54, 1.807) is 0 Å². The van der Waals surface area contributed by atoms with Crippen LogP contribution in [0.15, 0.2) is 36.5 Å². The SMILES string of the molecule is O=C(CCn1ccc([N+](=O)[O-])n1)Nc1cccc(CN2CCOCC2)c1. The van der Waals surface area contributed by atoms with Crippen LogP contribution in [-0.2, 0) is 22.6 Å². The van der Waals surface area contributed by atoms with Crippen LogP contribution >= 0.6 is 0 Å². The molecule has 9 nitrogen and oxygen atoms in total. The van der Waals surface area contributed by atoms with E-state index in [9.17, 15) is 14.9 Å². The highest BCUT2D eigenvalue weighted by Gasteiger charge is 2.13. The number of rotatable bonds is 7. The van der Waals surface area contributed by atoms with Crippen molar-refractivity contribution < 1.29 is 14.5 Å². The average molecular weight is 359 g/mol. The summed E-state index contributed by atoms with van der Waals surface area (Å²) >= 11 is 0. The lowest BCUT2D eigenvalue weighted by Crippen LogP contribution is -2.35. The van der Waals surface area contributed by atoms with E-state index in [1.165, 1.54) is 16.9 Å². The van der Waals surface area contributed by atoms with Crippen LogP contribution in [0.1, 0.15) is 12.0 Å². The Morgan fingerprint density at radius 3 is 2.85 bits per heavy atom. The Morgan fingerprint density at radius 1 is 1.31 bits per heavy atom. The van der Waals surface area contributed by atoms with Crippen molar-refractivity contribution in [1.82, 2.24) is 14.7 Å². The Hall–Kier alpha value is -2.78. The van der Waals surface area contributed by atoms with Gasteiger partial charge in [0.05, 0.1) is 37.1 Å². The minimum absolute atomic E-state index is 0.160. The zero-order valence-corrected chi connectivity index (χ0v) is 14.3. The molecule has 2 aromatic rings. The number of aryl methyl sites for hydroxylation is 1. The number of amides is 1. The van der Waals surface area contributed by atoms with Crippen LogP contribution in [0.25, 0.3) is 0 Å². The summed E-state index contributed by atoms with van der Waals surface area (Å²) in [5.74, 6) is -0.382. The first-order valence-corrected chi connectivity index (χ1v) is 8.47. The number of morpholine rings is 1. The zero-order chi connectivity index (χ0) is 18.4. The third kappa shape index (κ3) is 5.11. The van der Waals surface area contributed by atoms with Gasteiger partial charge in [0, 0.05) is 31.7 Å². The standard InChI is InChI=1S/C17H21N5O4/c23-17(5-7-21-6-4-16(19-21)22(24)25)18-15-3-1-2-14(12-15)13-20-8-10-26-11-9-20/h1-4,6,12H,5,7-11,13H2,(H,18,23). The number of hydrogen-bond acceptors (Lipinski definition) is 6. The highest BCUT2D eigenvalue weighted by molar-refractivity contribution is 5.90. The second-order valence-corrected chi connectivity index (χ2v) is 6.08. The molecule has 0 spiro atoms. The smallest absolute Gasteiger partial charge is 0.379 e. The molecule has 26 heavy (non-hydrogen) atoms. The molecule has 2 heterocycles. The number of nitrogens with zero attached hydrogens (tertiary/aromatic N) is 4. The number of anilines is 1. The normalized spacial score (nSPS) is 14.9. The van der Waals surface area contributed by atoms with Crippen LogP contribution in [0.4, 0.5) is 11.5 Å². The summed E-state index contributed by atoms with van der Waals surface area (Å²) in [6.45, 7) is 4.43. The van der Waals surface area contributed by atoms with Gasteiger partial charge in [-0.15, -0.1) is 0 Å². The summed E-state index contributed by atoms with van der Waals surface area (Å²) in [5.41, 5.74) is 1.87. The summed E-state index contributed by atoms with van der Waals surface area (Å²) in [6.07, 6.45) is 1.68. The molecule has 0 aliphatic carbocycles. The first-order chi connectivity index (χ1) is 12.6. The van der Waals surface area contributed by atoms with E-state index in [0.717, 1.165) is 44.1 Å². The van der Waals surface area contributed by atoms with Crippen LogP contribution in [0.5, 0.6) is 0 Å². The maximum Gasteiger partial charge on any atom is 0.389 e.